The summed E-state index contributed by atoms with van der Waals surface area (Å²) in [5.74, 6) is -4.49. The van der Waals surface area contributed by atoms with E-state index < -0.39 is 37.4 Å². The molecule has 0 aliphatic carbocycles. The number of hydrogen-bond acceptors (Lipinski definition) is 6. The van der Waals surface area contributed by atoms with Crippen LogP contribution in [-0.2, 0) is 17.2 Å². The van der Waals surface area contributed by atoms with Crippen LogP contribution in [0.5, 0.6) is 0 Å². The molecule has 0 aliphatic rings. The van der Waals surface area contributed by atoms with Crippen LogP contribution < -0.4 is 11.1 Å². The first-order valence-electron chi connectivity index (χ1n) is 8.24. The summed E-state index contributed by atoms with van der Waals surface area (Å²) in [6.45, 7) is -1.34. The minimum Gasteiger partial charge on any atom is -0.449 e. The fourth-order valence-electron chi connectivity index (χ4n) is 2.51. The molecule has 158 valence electrons. The van der Waals surface area contributed by atoms with E-state index in [1.54, 1.807) is 0 Å². The van der Waals surface area contributed by atoms with Gasteiger partial charge in [-0.3, -0.25) is 0 Å². The molecule has 29 heavy (non-hydrogen) atoms. The third-order valence-electron chi connectivity index (χ3n) is 3.90. The van der Waals surface area contributed by atoms with Crippen molar-refractivity contribution >= 4 is 55.7 Å². The fourth-order valence-corrected chi connectivity index (χ4v) is 3.96. The topological polar surface area (TPSA) is 73.3 Å². The maximum atomic E-state index is 14.8. The van der Waals surface area contributed by atoms with Gasteiger partial charge in [0, 0.05) is 17.5 Å². The van der Waals surface area contributed by atoms with E-state index in [1.165, 1.54) is 17.4 Å². The van der Waals surface area contributed by atoms with Gasteiger partial charge < -0.3 is 20.2 Å². The van der Waals surface area contributed by atoms with Gasteiger partial charge in [-0.1, -0.05) is 17.7 Å². The van der Waals surface area contributed by atoms with Crippen LogP contribution in [-0.4, -0.2) is 30.7 Å². The Balaban J connectivity index is 1.90. The van der Waals surface area contributed by atoms with Crippen molar-refractivity contribution in [3.63, 3.8) is 0 Å². The van der Waals surface area contributed by atoms with Crippen LogP contribution in [0.2, 0.25) is 5.15 Å². The van der Waals surface area contributed by atoms with E-state index in [9.17, 15) is 17.6 Å². The molecule has 3 rings (SSSR count). The molecule has 1 atom stereocenters. The molecule has 3 heterocycles. The zero-order valence-electron chi connectivity index (χ0n) is 14.6. The second-order valence-electron chi connectivity index (χ2n) is 6.01. The summed E-state index contributed by atoms with van der Waals surface area (Å²) in [4.78, 5) is 5.06. The second kappa shape index (κ2) is 9.17. The third-order valence-corrected chi connectivity index (χ3v) is 5.70. The molecule has 0 fully saturated rings. The summed E-state index contributed by atoms with van der Waals surface area (Å²) in [6.07, 6.45) is -2.78. The van der Waals surface area contributed by atoms with Crippen molar-refractivity contribution in [1.82, 2.24) is 4.98 Å². The minimum atomic E-state index is -3.71. The summed E-state index contributed by atoms with van der Waals surface area (Å²) in [5.41, 5.74) is 6.01. The highest BCUT2D eigenvalue weighted by Crippen LogP contribution is 2.43. The van der Waals surface area contributed by atoms with Gasteiger partial charge in [-0.25, -0.2) is 13.8 Å². The molecule has 0 bridgehead atoms. The molecule has 0 aliphatic heterocycles. The number of nitrogens with two attached hydrogens (primary N) is 1. The van der Waals surface area contributed by atoms with E-state index in [1.807, 2.05) is 17.5 Å². The number of nitrogens with one attached hydrogen (secondary N) is 1. The number of thiophene rings is 1. The lowest BCUT2D eigenvalue weighted by atomic mass is 10.1. The Labute approximate surface area is 180 Å². The van der Waals surface area contributed by atoms with E-state index in [0.717, 1.165) is 4.88 Å². The van der Waals surface area contributed by atoms with Crippen molar-refractivity contribution in [3.8, 4) is 0 Å². The summed E-state index contributed by atoms with van der Waals surface area (Å²) < 4.78 is 63.8. The highest BCUT2D eigenvalue weighted by atomic mass is 79.9. The average Bonchev–Trinajstić information content (AvgIpc) is 3.28. The maximum Gasteiger partial charge on any atom is 0.322 e. The third kappa shape index (κ3) is 5.02. The Kier molecular flexibility index (Phi) is 7.05. The molecule has 12 heteroatoms. The van der Waals surface area contributed by atoms with Crippen LogP contribution in [0.3, 0.4) is 0 Å². The highest BCUT2D eigenvalue weighted by Gasteiger charge is 2.45. The van der Waals surface area contributed by atoms with Crippen molar-refractivity contribution in [2.24, 2.45) is 5.73 Å². The number of hydrogen-bond donors (Lipinski definition) is 2. The van der Waals surface area contributed by atoms with Gasteiger partial charge in [0.15, 0.2) is 11.3 Å². The number of alkyl halides is 4. The molecule has 0 unspecified atom stereocenters. The summed E-state index contributed by atoms with van der Waals surface area (Å²) in [5, 5.41) is 5.07. The van der Waals surface area contributed by atoms with Gasteiger partial charge in [0.25, 0.3) is 6.43 Å². The molecule has 3 aromatic heterocycles. The zero-order valence-corrected chi connectivity index (χ0v) is 17.8. The molecule has 0 spiro atoms. The standard InChI is InChI=1S/C17H15BrClF4N3O2S/c18-13-14-15(9(4-11(19)26-14)25-5-8-2-1-3-29-8)28-16(13)17(22,23)10(24)6-27-7-12(20)21/h1-4,10,12H,5-7,24H2,(H,25,26)/t10-/m0/s1. The molecule has 0 amide bonds. The van der Waals surface area contributed by atoms with Crippen LogP contribution in [0.4, 0.5) is 23.2 Å². The number of aromatic nitrogens is 1. The van der Waals surface area contributed by atoms with Gasteiger partial charge in [-0.15, -0.1) is 11.3 Å². The van der Waals surface area contributed by atoms with E-state index in [-0.39, 0.29) is 20.7 Å². The first kappa shape index (κ1) is 22.3. The predicted molar refractivity (Wildman–Crippen MR) is 107 cm³/mol. The molecule has 5 nitrogen and oxygen atoms in total. The highest BCUT2D eigenvalue weighted by molar-refractivity contribution is 9.10. The number of halogens is 6. The SMILES string of the molecule is N[C@@H](COCC(F)F)C(F)(F)c1oc2c(NCc3cccs3)cc(Cl)nc2c1Br. The Morgan fingerprint density at radius 1 is 1.38 bits per heavy atom. The molecule has 0 radical (unpaired) electrons. The van der Waals surface area contributed by atoms with E-state index in [0.29, 0.717) is 12.2 Å². The van der Waals surface area contributed by atoms with Crippen molar-refractivity contribution in [1.29, 1.82) is 0 Å². The molecule has 3 aromatic rings. The van der Waals surface area contributed by atoms with Gasteiger partial charge in [-0.05, 0) is 27.4 Å². The Morgan fingerprint density at radius 2 is 2.14 bits per heavy atom. The van der Waals surface area contributed by atoms with Gasteiger partial charge in [-0.2, -0.15) is 8.78 Å². The quantitative estimate of drug-likeness (QED) is 0.285. The molecule has 3 N–H and O–H groups in total. The number of pyridine rings is 1. The molecular weight excluding hydrogens is 502 g/mol. The van der Waals surface area contributed by atoms with Crippen molar-refractivity contribution < 1.29 is 26.7 Å². The monoisotopic (exact) mass is 515 g/mol. The maximum absolute atomic E-state index is 14.8. The molecule has 0 saturated carbocycles. The number of nitrogens with zero attached hydrogens (tertiary/aromatic N) is 1. The normalized spacial score (nSPS) is 13.4. The fraction of sp³-hybridized carbons (Fsp3) is 0.353. The van der Waals surface area contributed by atoms with E-state index in [2.05, 4.69) is 31.0 Å². The van der Waals surface area contributed by atoms with Gasteiger partial charge in [0.2, 0.25) is 0 Å². The van der Waals surface area contributed by atoms with Gasteiger partial charge in [0.1, 0.15) is 23.3 Å². The lowest BCUT2D eigenvalue weighted by Crippen LogP contribution is -2.42. The van der Waals surface area contributed by atoms with Crippen molar-refractivity contribution in [2.45, 2.75) is 24.9 Å². The molecule has 0 saturated heterocycles. The van der Waals surface area contributed by atoms with Crippen molar-refractivity contribution in [2.75, 3.05) is 18.5 Å². The number of fused-ring (bicyclic) bond motifs is 1. The number of rotatable bonds is 9. The second-order valence-corrected chi connectivity index (χ2v) is 8.22. The molecular formula is C17H15BrClF4N3O2S. The van der Waals surface area contributed by atoms with Crippen molar-refractivity contribution in [3.05, 3.63) is 43.8 Å². The van der Waals surface area contributed by atoms with E-state index in [4.69, 9.17) is 21.8 Å². The van der Waals surface area contributed by atoms with Crippen LogP contribution in [0.25, 0.3) is 11.1 Å². The Morgan fingerprint density at radius 3 is 2.79 bits per heavy atom. The number of anilines is 1. The Hall–Kier alpha value is -1.40. The average molecular weight is 517 g/mol. The summed E-state index contributed by atoms with van der Waals surface area (Å²) in [6, 6.07) is 3.35. The van der Waals surface area contributed by atoms with Crippen LogP contribution in [0.1, 0.15) is 10.6 Å². The van der Waals surface area contributed by atoms with Crippen LogP contribution >= 0.6 is 38.9 Å². The first-order valence-corrected chi connectivity index (χ1v) is 10.3. The van der Waals surface area contributed by atoms with E-state index >= 15 is 0 Å². The summed E-state index contributed by atoms with van der Waals surface area (Å²) >= 11 is 10.6. The Bertz CT molecular complexity index is 971. The zero-order chi connectivity index (χ0) is 21.2. The molecule has 0 aromatic carbocycles. The predicted octanol–water partition coefficient (Wildman–Crippen LogP) is 5.62. The first-order chi connectivity index (χ1) is 13.7. The lowest BCUT2D eigenvalue weighted by molar-refractivity contribution is -0.0827. The number of ether oxygens (including phenoxy) is 1. The number of furan rings is 1. The van der Waals surface area contributed by atoms with Crippen LogP contribution in [0, 0.1) is 0 Å². The van der Waals surface area contributed by atoms with Gasteiger partial charge in [0.05, 0.1) is 16.8 Å². The minimum absolute atomic E-state index is 0.0632. The van der Waals surface area contributed by atoms with Crippen LogP contribution in [0.15, 0.2) is 32.5 Å². The smallest absolute Gasteiger partial charge is 0.322 e. The summed E-state index contributed by atoms with van der Waals surface area (Å²) in [7, 11) is 0. The lowest BCUT2D eigenvalue weighted by Gasteiger charge is -2.21. The van der Waals surface area contributed by atoms with Gasteiger partial charge >= 0.3 is 5.92 Å². The largest absolute Gasteiger partial charge is 0.449 e.